The molecule has 7 nitrogen and oxygen atoms in total. The average molecular weight is 472 g/mol. The number of carbonyl (C=O) groups excluding carboxylic acids is 1. The minimum Gasteiger partial charge on any atom is -0.497 e. The number of hydrogen-bond acceptors (Lipinski definition) is 6. The van der Waals surface area contributed by atoms with E-state index >= 15 is 0 Å². The van der Waals surface area contributed by atoms with Crippen molar-refractivity contribution in [3.8, 4) is 11.8 Å². The van der Waals surface area contributed by atoms with Gasteiger partial charge in [-0.15, -0.1) is 0 Å². The van der Waals surface area contributed by atoms with Crippen LogP contribution in [0.25, 0.3) is 0 Å². The number of amides is 1. The van der Waals surface area contributed by atoms with Crippen molar-refractivity contribution >= 4 is 34.6 Å². The summed E-state index contributed by atoms with van der Waals surface area (Å²) >= 11 is 5.53. The first-order chi connectivity index (χ1) is 15.5. The second kappa shape index (κ2) is 9.43. The molecular formula is C24H26FN3O4S. The highest BCUT2D eigenvalue weighted by atomic mass is 32.1. The molecule has 33 heavy (non-hydrogen) atoms. The fourth-order valence-electron chi connectivity index (χ4n) is 3.54. The van der Waals surface area contributed by atoms with Crippen LogP contribution in [0.5, 0.6) is 5.75 Å². The molecule has 9 heteroatoms. The van der Waals surface area contributed by atoms with Crippen molar-refractivity contribution in [2.24, 2.45) is 0 Å². The predicted molar refractivity (Wildman–Crippen MR) is 127 cm³/mol. The van der Waals surface area contributed by atoms with Crippen LogP contribution in [0.4, 0.5) is 15.8 Å². The number of rotatable bonds is 3. The maximum Gasteiger partial charge on any atom is 0.259 e. The lowest BCUT2D eigenvalue weighted by atomic mass is 10.0. The standard InChI is InChI=1S/C19H16FN3O2S.C5H10O2/c1-19(2)17(24)22(14-5-4-12(11-21)16(20)10-14)18(26)23(19)13-6-8-15(25-3)9-7-13;1-5(2)6-3-4-7-5/h4-10H,1-3H3;3-4H2,1-2H3. The van der Waals surface area contributed by atoms with Crippen LogP contribution in [0, 0.1) is 17.1 Å². The van der Waals surface area contributed by atoms with Crippen LogP contribution in [0.1, 0.15) is 33.3 Å². The monoisotopic (exact) mass is 471 g/mol. The van der Waals surface area contributed by atoms with Gasteiger partial charge in [0.15, 0.2) is 10.9 Å². The molecule has 2 aromatic carbocycles. The SMILES string of the molecule is CC1(C)OCCO1.COc1ccc(N2C(=S)N(c3ccc(C#N)c(F)c3)C(=O)C2(C)C)cc1. The Morgan fingerprint density at radius 1 is 1.06 bits per heavy atom. The van der Waals surface area contributed by atoms with Gasteiger partial charge in [0.1, 0.15) is 23.2 Å². The van der Waals surface area contributed by atoms with Gasteiger partial charge in [0.05, 0.1) is 31.6 Å². The molecule has 0 radical (unpaired) electrons. The molecule has 1 amide bonds. The number of nitriles is 1. The average Bonchev–Trinajstić information content (AvgIpc) is 3.25. The van der Waals surface area contributed by atoms with Crippen LogP contribution in [0.2, 0.25) is 0 Å². The van der Waals surface area contributed by atoms with E-state index in [1.54, 1.807) is 44.1 Å². The number of nitrogens with zero attached hydrogens (tertiary/aromatic N) is 3. The Morgan fingerprint density at radius 3 is 2.09 bits per heavy atom. The first-order valence-electron chi connectivity index (χ1n) is 10.3. The number of methoxy groups -OCH3 is 1. The molecule has 0 aliphatic carbocycles. The molecule has 0 N–H and O–H groups in total. The number of anilines is 2. The van der Waals surface area contributed by atoms with E-state index in [1.165, 1.54) is 17.0 Å². The summed E-state index contributed by atoms with van der Waals surface area (Å²) in [6, 6.07) is 12.9. The van der Waals surface area contributed by atoms with E-state index in [-0.39, 0.29) is 22.4 Å². The summed E-state index contributed by atoms with van der Waals surface area (Å²) in [6.07, 6.45) is 0. The maximum atomic E-state index is 14.0. The van der Waals surface area contributed by atoms with E-state index in [4.69, 9.17) is 31.7 Å². The molecule has 2 saturated heterocycles. The fraction of sp³-hybridized carbons (Fsp3) is 0.375. The van der Waals surface area contributed by atoms with Crippen LogP contribution in [0.15, 0.2) is 42.5 Å². The van der Waals surface area contributed by atoms with Gasteiger partial charge in [-0.2, -0.15) is 5.26 Å². The second-order valence-corrected chi connectivity index (χ2v) is 8.75. The normalized spacial score (nSPS) is 18.6. The highest BCUT2D eigenvalue weighted by Crippen LogP contribution is 2.37. The molecule has 0 aromatic heterocycles. The molecule has 2 aliphatic rings. The van der Waals surface area contributed by atoms with Crippen molar-refractivity contribution in [1.29, 1.82) is 5.26 Å². The van der Waals surface area contributed by atoms with Crippen molar-refractivity contribution in [3.05, 3.63) is 53.8 Å². The van der Waals surface area contributed by atoms with Gasteiger partial charge in [-0.1, -0.05) is 0 Å². The number of thiocarbonyl (C=S) groups is 1. The Labute approximate surface area is 198 Å². The number of carbonyl (C=O) groups is 1. The van der Waals surface area contributed by atoms with E-state index in [0.29, 0.717) is 11.4 Å². The Balaban J connectivity index is 0.000000374. The molecule has 0 saturated carbocycles. The molecule has 174 valence electrons. The summed E-state index contributed by atoms with van der Waals surface area (Å²) in [5.41, 5.74) is -0.0142. The Morgan fingerprint density at radius 2 is 1.64 bits per heavy atom. The van der Waals surface area contributed by atoms with Gasteiger partial charge >= 0.3 is 0 Å². The summed E-state index contributed by atoms with van der Waals surface area (Å²) in [6.45, 7) is 8.83. The molecule has 0 spiro atoms. The van der Waals surface area contributed by atoms with Gasteiger partial charge in [-0.25, -0.2) is 4.39 Å². The highest BCUT2D eigenvalue weighted by Gasteiger charge is 2.50. The van der Waals surface area contributed by atoms with E-state index in [0.717, 1.165) is 25.0 Å². The summed E-state index contributed by atoms with van der Waals surface area (Å²) in [7, 11) is 1.57. The summed E-state index contributed by atoms with van der Waals surface area (Å²) < 4.78 is 29.4. The summed E-state index contributed by atoms with van der Waals surface area (Å²) in [5.74, 6) is -0.585. The molecule has 0 unspecified atom stereocenters. The molecule has 2 heterocycles. The minimum atomic E-state index is -0.948. The first kappa shape index (κ1) is 24.6. The van der Waals surface area contributed by atoms with Crippen molar-refractivity contribution in [1.82, 2.24) is 0 Å². The number of hydrogen-bond donors (Lipinski definition) is 0. The lowest BCUT2D eigenvalue weighted by molar-refractivity contribution is -0.125. The van der Waals surface area contributed by atoms with Crippen LogP contribution in [-0.2, 0) is 14.3 Å². The second-order valence-electron chi connectivity index (χ2n) is 8.39. The molecule has 0 atom stereocenters. The van der Waals surface area contributed by atoms with Crippen LogP contribution in [0.3, 0.4) is 0 Å². The Kier molecular flexibility index (Phi) is 7.03. The van der Waals surface area contributed by atoms with Crippen molar-refractivity contribution in [3.63, 3.8) is 0 Å². The minimum absolute atomic E-state index is 0.0856. The largest absolute Gasteiger partial charge is 0.497 e. The van der Waals surface area contributed by atoms with Crippen molar-refractivity contribution in [2.75, 3.05) is 30.1 Å². The molecule has 4 rings (SSSR count). The quantitative estimate of drug-likeness (QED) is 0.615. The Hall–Kier alpha value is -3.06. The van der Waals surface area contributed by atoms with Gasteiger partial charge < -0.3 is 19.1 Å². The topological polar surface area (TPSA) is 75.0 Å². The van der Waals surface area contributed by atoms with E-state index in [9.17, 15) is 9.18 Å². The zero-order chi connectivity index (χ0) is 24.4. The van der Waals surface area contributed by atoms with Gasteiger partial charge in [-0.05, 0) is 82.4 Å². The van der Waals surface area contributed by atoms with E-state index in [1.807, 2.05) is 26.0 Å². The summed E-state index contributed by atoms with van der Waals surface area (Å²) in [4.78, 5) is 16.0. The highest BCUT2D eigenvalue weighted by molar-refractivity contribution is 7.81. The zero-order valence-electron chi connectivity index (χ0n) is 19.2. The zero-order valence-corrected chi connectivity index (χ0v) is 20.0. The van der Waals surface area contributed by atoms with Crippen LogP contribution in [-0.4, -0.2) is 42.7 Å². The van der Waals surface area contributed by atoms with Crippen LogP contribution < -0.4 is 14.5 Å². The summed E-state index contributed by atoms with van der Waals surface area (Å²) in [5, 5.41) is 9.13. The van der Waals surface area contributed by atoms with Gasteiger partial charge in [0.2, 0.25) is 0 Å². The van der Waals surface area contributed by atoms with Gasteiger partial charge in [0, 0.05) is 5.69 Å². The molecule has 0 bridgehead atoms. The van der Waals surface area contributed by atoms with E-state index in [2.05, 4.69) is 0 Å². The molecule has 2 aliphatic heterocycles. The third kappa shape index (κ3) is 4.98. The lowest BCUT2D eigenvalue weighted by Crippen LogP contribution is -2.44. The third-order valence-electron chi connectivity index (χ3n) is 5.31. The van der Waals surface area contributed by atoms with E-state index < -0.39 is 11.4 Å². The molecule has 2 fully saturated rings. The number of ether oxygens (including phenoxy) is 3. The van der Waals surface area contributed by atoms with Gasteiger partial charge in [-0.3, -0.25) is 9.69 Å². The first-order valence-corrected chi connectivity index (χ1v) is 10.7. The fourth-order valence-corrected chi connectivity index (χ4v) is 4.06. The lowest BCUT2D eigenvalue weighted by Gasteiger charge is -2.29. The predicted octanol–water partition coefficient (Wildman–Crippen LogP) is 4.39. The smallest absolute Gasteiger partial charge is 0.259 e. The molecular weight excluding hydrogens is 445 g/mol. The van der Waals surface area contributed by atoms with Gasteiger partial charge in [0.25, 0.3) is 5.91 Å². The third-order valence-corrected chi connectivity index (χ3v) is 5.68. The maximum absolute atomic E-state index is 14.0. The Bertz CT molecular complexity index is 1090. The van der Waals surface area contributed by atoms with Crippen molar-refractivity contribution in [2.45, 2.75) is 39.0 Å². The van der Waals surface area contributed by atoms with Crippen molar-refractivity contribution < 1.29 is 23.4 Å². The van der Waals surface area contributed by atoms with Crippen LogP contribution >= 0.6 is 12.2 Å². The number of halogens is 1. The molecule has 2 aromatic rings. The number of benzene rings is 2.